The summed E-state index contributed by atoms with van der Waals surface area (Å²) in [6.45, 7) is 11.9. The third-order valence-corrected chi connectivity index (χ3v) is 4.56. The fraction of sp³-hybridized carbons (Fsp3) is 0.812. The van der Waals surface area contributed by atoms with Crippen molar-refractivity contribution in [3.8, 4) is 0 Å². The summed E-state index contributed by atoms with van der Waals surface area (Å²) < 4.78 is 5.45. The van der Waals surface area contributed by atoms with E-state index in [0.717, 1.165) is 31.8 Å². The van der Waals surface area contributed by atoms with Gasteiger partial charge in [-0.15, -0.1) is 0 Å². The van der Waals surface area contributed by atoms with E-state index in [1.807, 2.05) is 11.9 Å². The summed E-state index contributed by atoms with van der Waals surface area (Å²) in [6.07, 6.45) is 1.97. The predicted octanol–water partition coefficient (Wildman–Crippen LogP) is 2.37. The fourth-order valence-corrected chi connectivity index (χ4v) is 2.78. The van der Waals surface area contributed by atoms with Crippen LogP contribution in [-0.4, -0.2) is 52.0 Å². The molecule has 0 spiro atoms. The topological polar surface area (TPSA) is 62.5 Å². The van der Waals surface area contributed by atoms with E-state index in [-0.39, 0.29) is 17.4 Å². The number of hydrogen-bond acceptors (Lipinski definition) is 5. The van der Waals surface area contributed by atoms with Gasteiger partial charge in [-0.2, -0.15) is 4.98 Å². The highest BCUT2D eigenvalue weighted by atomic mass is 16.5. The highest BCUT2D eigenvalue weighted by molar-refractivity contribution is 5.73. The molecule has 0 aliphatic carbocycles. The average molecular weight is 308 g/mol. The van der Waals surface area contributed by atoms with Crippen LogP contribution in [0.5, 0.6) is 0 Å². The normalized spacial score (nSPS) is 19.2. The second-order valence-corrected chi connectivity index (χ2v) is 7.28. The monoisotopic (exact) mass is 308 g/mol. The van der Waals surface area contributed by atoms with Gasteiger partial charge in [0, 0.05) is 38.5 Å². The van der Waals surface area contributed by atoms with Crippen molar-refractivity contribution in [2.24, 2.45) is 0 Å². The van der Waals surface area contributed by atoms with Gasteiger partial charge in [0.05, 0.1) is 6.04 Å². The summed E-state index contributed by atoms with van der Waals surface area (Å²) in [5.74, 6) is 1.57. The van der Waals surface area contributed by atoms with Crippen molar-refractivity contribution in [3.63, 3.8) is 0 Å². The molecule has 1 atom stereocenters. The van der Waals surface area contributed by atoms with Gasteiger partial charge in [-0.05, 0) is 19.8 Å². The van der Waals surface area contributed by atoms with Gasteiger partial charge in [-0.3, -0.25) is 9.69 Å². The number of piperidine rings is 1. The van der Waals surface area contributed by atoms with Crippen LogP contribution in [0, 0.1) is 0 Å². The summed E-state index contributed by atoms with van der Waals surface area (Å²) in [6, 6.07) is 0.459. The molecule has 1 fully saturated rings. The van der Waals surface area contributed by atoms with Crippen LogP contribution in [0.1, 0.15) is 65.2 Å². The first kappa shape index (κ1) is 16.9. The van der Waals surface area contributed by atoms with E-state index in [2.05, 4.69) is 42.7 Å². The molecule has 1 aromatic rings. The molecular formula is C16H28N4O2. The summed E-state index contributed by atoms with van der Waals surface area (Å²) in [5.41, 5.74) is -0.0985. The van der Waals surface area contributed by atoms with Crippen LogP contribution < -0.4 is 0 Å². The molecule has 0 bridgehead atoms. The van der Waals surface area contributed by atoms with E-state index >= 15 is 0 Å². The minimum atomic E-state index is -0.0985. The Morgan fingerprint density at radius 2 is 1.95 bits per heavy atom. The number of amides is 1. The molecule has 6 nitrogen and oxygen atoms in total. The smallest absolute Gasteiger partial charge is 0.243 e. The van der Waals surface area contributed by atoms with Gasteiger partial charge in [0.1, 0.15) is 0 Å². The second kappa shape index (κ2) is 6.36. The van der Waals surface area contributed by atoms with Crippen LogP contribution >= 0.6 is 0 Å². The summed E-state index contributed by atoms with van der Waals surface area (Å²) >= 11 is 0. The molecule has 6 heteroatoms. The van der Waals surface area contributed by atoms with Gasteiger partial charge in [0.25, 0.3) is 0 Å². The molecule has 2 heterocycles. The molecule has 1 amide bonds. The summed E-state index contributed by atoms with van der Waals surface area (Å²) in [7, 11) is 1.89. The number of nitrogens with zero attached hydrogens (tertiary/aromatic N) is 4. The Kier molecular flexibility index (Phi) is 4.90. The maximum absolute atomic E-state index is 11.5. The Morgan fingerprint density at radius 3 is 2.41 bits per heavy atom. The quantitative estimate of drug-likeness (QED) is 0.858. The SMILES string of the molecule is CC(=O)N(C)C1CCN(C(C)c2nc(C(C)(C)C)no2)CC1. The first-order valence-corrected chi connectivity index (χ1v) is 8.01. The van der Waals surface area contributed by atoms with Crippen molar-refractivity contribution in [1.82, 2.24) is 19.9 Å². The van der Waals surface area contributed by atoms with Gasteiger partial charge in [-0.1, -0.05) is 25.9 Å². The predicted molar refractivity (Wildman–Crippen MR) is 84.5 cm³/mol. The molecule has 0 saturated carbocycles. The number of likely N-dealkylation sites (tertiary alicyclic amines) is 1. The Labute approximate surface area is 132 Å². The molecule has 22 heavy (non-hydrogen) atoms. The molecule has 0 aromatic carbocycles. The Hall–Kier alpha value is -1.43. The lowest BCUT2D eigenvalue weighted by Crippen LogP contribution is -2.45. The molecule has 1 aliphatic heterocycles. The van der Waals surface area contributed by atoms with Gasteiger partial charge in [0.2, 0.25) is 11.8 Å². The molecule has 0 N–H and O–H groups in total. The minimum absolute atomic E-state index is 0.0985. The van der Waals surface area contributed by atoms with Crippen molar-refractivity contribution in [1.29, 1.82) is 0 Å². The Bertz CT molecular complexity index is 512. The zero-order valence-corrected chi connectivity index (χ0v) is 14.6. The Morgan fingerprint density at radius 1 is 1.36 bits per heavy atom. The van der Waals surface area contributed by atoms with E-state index in [0.29, 0.717) is 11.9 Å². The molecular weight excluding hydrogens is 280 g/mol. The average Bonchev–Trinajstić information content (AvgIpc) is 2.95. The van der Waals surface area contributed by atoms with E-state index in [1.54, 1.807) is 6.92 Å². The third-order valence-electron chi connectivity index (χ3n) is 4.56. The number of carbonyl (C=O) groups is 1. The van der Waals surface area contributed by atoms with E-state index < -0.39 is 0 Å². The maximum atomic E-state index is 11.5. The van der Waals surface area contributed by atoms with Gasteiger partial charge >= 0.3 is 0 Å². The van der Waals surface area contributed by atoms with Crippen LogP contribution in [0.4, 0.5) is 0 Å². The first-order valence-electron chi connectivity index (χ1n) is 8.01. The molecule has 1 unspecified atom stereocenters. The number of carbonyl (C=O) groups excluding carboxylic acids is 1. The lowest BCUT2D eigenvalue weighted by molar-refractivity contribution is -0.130. The largest absolute Gasteiger partial charge is 0.343 e. The summed E-state index contributed by atoms with van der Waals surface area (Å²) in [4.78, 5) is 20.2. The fourth-order valence-electron chi connectivity index (χ4n) is 2.78. The van der Waals surface area contributed by atoms with Crippen LogP contribution in [0.2, 0.25) is 0 Å². The van der Waals surface area contributed by atoms with Gasteiger partial charge in [0.15, 0.2) is 5.82 Å². The standard InChI is InChI=1S/C16H28N4O2/c1-11(14-17-15(18-22-14)16(3,4)5)20-9-7-13(8-10-20)19(6)12(2)21/h11,13H,7-10H2,1-6H3. The molecule has 0 radical (unpaired) electrons. The van der Waals surface area contributed by atoms with Crippen LogP contribution in [0.25, 0.3) is 0 Å². The van der Waals surface area contributed by atoms with E-state index in [1.165, 1.54) is 0 Å². The molecule has 124 valence electrons. The third kappa shape index (κ3) is 3.66. The van der Waals surface area contributed by atoms with Crippen molar-refractivity contribution in [2.75, 3.05) is 20.1 Å². The van der Waals surface area contributed by atoms with Crippen molar-refractivity contribution in [3.05, 3.63) is 11.7 Å². The number of aromatic nitrogens is 2. The maximum Gasteiger partial charge on any atom is 0.243 e. The summed E-state index contributed by atoms with van der Waals surface area (Å²) in [5, 5.41) is 4.10. The zero-order valence-electron chi connectivity index (χ0n) is 14.6. The zero-order chi connectivity index (χ0) is 16.5. The lowest BCUT2D eigenvalue weighted by atomic mass is 9.96. The highest BCUT2D eigenvalue weighted by Gasteiger charge is 2.30. The van der Waals surface area contributed by atoms with Crippen LogP contribution in [-0.2, 0) is 10.2 Å². The van der Waals surface area contributed by atoms with Crippen LogP contribution in [0.3, 0.4) is 0 Å². The second-order valence-electron chi connectivity index (χ2n) is 7.28. The van der Waals surface area contributed by atoms with E-state index in [9.17, 15) is 4.79 Å². The first-order chi connectivity index (χ1) is 10.2. The molecule has 1 aromatic heterocycles. The molecule has 1 saturated heterocycles. The number of rotatable bonds is 3. The Balaban J connectivity index is 1.96. The van der Waals surface area contributed by atoms with E-state index in [4.69, 9.17) is 4.52 Å². The van der Waals surface area contributed by atoms with Crippen molar-refractivity contribution < 1.29 is 9.32 Å². The lowest BCUT2D eigenvalue weighted by Gasteiger charge is -2.38. The van der Waals surface area contributed by atoms with Gasteiger partial charge in [-0.25, -0.2) is 0 Å². The van der Waals surface area contributed by atoms with Crippen molar-refractivity contribution in [2.45, 2.75) is 65.0 Å². The van der Waals surface area contributed by atoms with Crippen LogP contribution in [0.15, 0.2) is 4.52 Å². The minimum Gasteiger partial charge on any atom is -0.343 e. The highest BCUT2D eigenvalue weighted by Crippen LogP contribution is 2.27. The van der Waals surface area contributed by atoms with Crippen molar-refractivity contribution >= 4 is 5.91 Å². The van der Waals surface area contributed by atoms with Gasteiger partial charge < -0.3 is 9.42 Å². The molecule has 2 rings (SSSR count). The number of hydrogen-bond donors (Lipinski definition) is 0. The molecule has 1 aliphatic rings.